The van der Waals surface area contributed by atoms with E-state index in [1.807, 2.05) is 62.4 Å². The molecule has 0 atom stereocenters. The molecule has 0 spiro atoms. The van der Waals surface area contributed by atoms with Gasteiger partial charge in [0.25, 0.3) is 5.56 Å². The second-order valence-corrected chi connectivity index (χ2v) is 7.17. The van der Waals surface area contributed by atoms with Crippen molar-refractivity contribution in [3.63, 3.8) is 0 Å². The quantitative estimate of drug-likeness (QED) is 0.488. The van der Waals surface area contributed by atoms with Gasteiger partial charge in [-0.05, 0) is 55.8 Å². The summed E-state index contributed by atoms with van der Waals surface area (Å²) in [4.78, 5) is 17.9. The van der Waals surface area contributed by atoms with E-state index >= 15 is 0 Å². The molecule has 1 aromatic heterocycles. The van der Waals surface area contributed by atoms with Gasteiger partial charge in [0.2, 0.25) is 5.88 Å². The molecule has 0 aliphatic heterocycles. The number of aliphatic imine (C=N–C) groups is 1. The van der Waals surface area contributed by atoms with Crippen LogP contribution in [0.15, 0.2) is 76.5 Å². The van der Waals surface area contributed by atoms with Crippen molar-refractivity contribution in [3.8, 4) is 17.3 Å². The smallest absolute Gasteiger partial charge is 0.265 e. The summed E-state index contributed by atoms with van der Waals surface area (Å²) in [6, 6.07) is 20.4. The zero-order valence-electron chi connectivity index (χ0n) is 17.1. The number of aromatic nitrogens is 1. The Hall–Kier alpha value is -3.86. The fourth-order valence-electron chi connectivity index (χ4n) is 3.45. The Balaban J connectivity index is 2.02. The number of ether oxygens (including phenoxy) is 1. The van der Waals surface area contributed by atoms with E-state index in [0.717, 1.165) is 16.8 Å². The first-order valence-corrected chi connectivity index (χ1v) is 9.62. The number of aromatic hydroxyl groups is 1. The number of aryl methyl sites for hydroxylation is 2. The van der Waals surface area contributed by atoms with E-state index in [0.29, 0.717) is 27.8 Å². The lowest BCUT2D eigenvalue weighted by Gasteiger charge is -2.16. The fraction of sp³-hybridized carbons (Fsp3) is 0.120. The Labute approximate surface area is 174 Å². The van der Waals surface area contributed by atoms with Crippen molar-refractivity contribution in [3.05, 3.63) is 93.8 Å². The highest BCUT2D eigenvalue weighted by atomic mass is 16.5. The molecule has 1 N–H and O–H groups in total. The second kappa shape index (κ2) is 7.87. The van der Waals surface area contributed by atoms with E-state index in [1.54, 1.807) is 31.5 Å². The summed E-state index contributed by atoms with van der Waals surface area (Å²) in [5, 5.41) is 12.2. The fourth-order valence-corrected chi connectivity index (χ4v) is 3.45. The number of rotatable bonds is 4. The molecule has 0 radical (unpaired) electrons. The van der Waals surface area contributed by atoms with Crippen molar-refractivity contribution in [2.75, 3.05) is 7.11 Å². The standard InChI is InChI=1S/C25H22N2O3/c1-16-8-10-18(11-9-16)26-15-22-20-13-12-19(30-3)14-21(20)24(28)27(25(22)29)23-7-5-4-6-17(23)2/h4-15,29H,1-3H3. The van der Waals surface area contributed by atoms with Crippen LogP contribution in [0.4, 0.5) is 5.69 Å². The molecule has 0 fully saturated rings. The van der Waals surface area contributed by atoms with Crippen molar-refractivity contribution in [2.45, 2.75) is 13.8 Å². The number of nitrogens with zero attached hydrogens (tertiary/aromatic N) is 2. The van der Waals surface area contributed by atoms with Gasteiger partial charge in [-0.2, -0.15) is 0 Å². The molecule has 0 aliphatic carbocycles. The minimum Gasteiger partial charge on any atom is -0.497 e. The maximum atomic E-state index is 13.3. The van der Waals surface area contributed by atoms with Crippen molar-refractivity contribution in [1.82, 2.24) is 4.57 Å². The maximum absolute atomic E-state index is 13.3. The van der Waals surface area contributed by atoms with E-state index in [-0.39, 0.29) is 11.4 Å². The van der Waals surface area contributed by atoms with Crippen LogP contribution in [0, 0.1) is 13.8 Å². The number of pyridine rings is 1. The van der Waals surface area contributed by atoms with Crippen LogP contribution in [0.25, 0.3) is 16.5 Å². The third-order valence-corrected chi connectivity index (χ3v) is 5.14. The van der Waals surface area contributed by atoms with Gasteiger partial charge in [-0.1, -0.05) is 35.9 Å². The van der Waals surface area contributed by atoms with Gasteiger partial charge in [0.05, 0.1) is 29.4 Å². The summed E-state index contributed by atoms with van der Waals surface area (Å²) in [6.45, 7) is 3.91. The first-order chi connectivity index (χ1) is 14.5. The van der Waals surface area contributed by atoms with Crippen molar-refractivity contribution in [1.29, 1.82) is 0 Å². The Morgan fingerprint density at radius 3 is 2.40 bits per heavy atom. The molecule has 0 unspecified atom stereocenters. The minimum absolute atomic E-state index is 0.150. The summed E-state index contributed by atoms with van der Waals surface area (Å²) in [7, 11) is 1.56. The highest BCUT2D eigenvalue weighted by Gasteiger charge is 2.18. The van der Waals surface area contributed by atoms with Crippen LogP contribution in [0.2, 0.25) is 0 Å². The largest absolute Gasteiger partial charge is 0.497 e. The molecule has 4 rings (SSSR count). The molecular weight excluding hydrogens is 376 g/mol. The molecule has 0 aliphatic rings. The van der Waals surface area contributed by atoms with E-state index in [2.05, 4.69) is 4.99 Å². The van der Waals surface area contributed by atoms with Crippen molar-refractivity contribution >= 4 is 22.7 Å². The van der Waals surface area contributed by atoms with Gasteiger partial charge in [-0.3, -0.25) is 9.79 Å². The number of fused-ring (bicyclic) bond motifs is 1. The molecule has 4 aromatic rings. The predicted octanol–water partition coefficient (Wildman–Crippen LogP) is 5.07. The molecule has 150 valence electrons. The Bertz CT molecular complexity index is 1320. The lowest BCUT2D eigenvalue weighted by molar-refractivity contribution is 0.415. The molecule has 30 heavy (non-hydrogen) atoms. The second-order valence-electron chi connectivity index (χ2n) is 7.17. The number of benzene rings is 3. The molecule has 1 heterocycles. The Morgan fingerprint density at radius 1 is 0.967 bits per heavy atom. The van der Waals surface area contributed by atoms with Crippen LogP contribution in [0.1, 0.15) is 16.7 Å². The Morgan fingerprint density at radius 2 is 1.70 bits per heavy atom. The first-order valence-electron chi connectivity index (χ1n) is 9.62. The van der Waals surface area contributed by atoms with Gasteiger partial charge in [-0.25, -0.2) is 4.57 Å². The van der Waals surface area contributed by atoms with Gasteiger partial charge in [-0.15, -0.1) is 0 Å². The average Bonchev–Trinajstić information content (AvgIpc) is 2.76. The molecule has 0 amide bonds. The third kappa shape index (κ3) is 3.46. The van der Waals surface area contributed by atoms with Gasteiger partial charge >= 0.3 is 0 Å². The van der Waals surface area contributed by atoms with Gasteiger partial charge in [0, 0.05) is 11.6 Å². The average molecular weight is 398 g/mol. The number of para-hydroxylation sites is 1. The number of hydrogen-bond donors (Lipinski definition) is 1. The highest BCUT2D eigenvalue weighted by Crippen LogP contribution is 2.29. The van der Waals surface area contributed by atoms with E-state index < -0.39 is 0 Å². The number of methoxy groups -OCH3 is 1. The summed E-state index contributed by atoms with van der Waals surface area (Å²) in [6.07, 6.45) is 1.60. The van der Waals surface area contributed by atoms with Crippen LogP contribution in [0.3, 0.4) is 0 Å². The third-order valence-electron chi connectivity index (χ3n) is 5.14. The molecule has 3 aromatic carbocycles. The van der Waals surface area contributed by atoms with E-state index in [4.69, 9.17) is 4.74 Å². The number of hydrogen-bond acceptors (Lipinski definition) is 4. The zero-order chi connectivity index (χ0) is 21.3. The molecular formula is C25H22N2O3. The predicted molar refractivity (Wildman–Crippen MR) is 121 cm³/mol. The molecule has 0 saturated heterocycles. The first kappa shape index (κ1) is 19.5. The summed E-state index contributed by atoms with van der Waals surface area (Å²) in [5.41, 5.74) is 3.55. The summed E-state index contributed by atoms with van der Waals surface area (Å²) < 4.78 is 6.64. The van der Waals surface area contributed by atoms with Crippen LogP contribution in [0.5, 0.6) is 11.6 Å². The van der Waals surface area contributed by atoms with Gasteiger partial charge < -0.3 is 9.84 Å². The summed E-state index contributed by atoms with van der Waals surface area (Å²) in [5.74, 6) is 0.422. The van der Waals surface area contributed by atoms with Gasteiger partial charge in [0.1, 0.15) is 5.75 Å². The van der Waals surface area contributed by atoms with Crippen LogP contribution >= 0.6 is 0 Å². The van der Waals surface area contributed by atoms with Gasteiger partial charge in [0.15, 0.2) is 0 Å². The molecule has 0 saturated carbocycles. The van der Waals surface area contributed by atoms with Crippen molar-refractivity contribution in [2.24, 2.45) is 4.99 Å². The van der Waals surface area contributed by atoms with Crippen molar-refractivity contribution < 1.29 is 9.84 Å². The highest BCUT2D eigenvalue weighted by molar-refractivity contribution is 6.02. The topological polar surface area (TPSA) is 63.8 Å². The monoisotopic (exact) mass is 398 g/mol. The molecule has 5 heteroatoms. The lowest BCUT2D eigenvalue weighted by Crippen LogP contribution is -2.21. The Kier molecular flexibility index (Phi) is 5.11. The normalized spacial score (nSPS) is 11.3. The summed E-state index contributed by atoms with van der Waals surface area (Å²) >= 11 is 0. The van der Waals surface area contributed by atoms with Crippen LogP contribution < -0.4 is 10.3 Å². The SMILES string of the molecule is COc1ccc2c(C=Nc3ccc(C)cc3)c(O)n(-c3ccccc3C)c(=O)c2c1. The van der Waals surface area contributed by atoms with Crippen LogP contribution in [-0.4, -0.2) is 23.0 Å². The maximum Gasteiger partial charge on any atom is 0.265 e. The van der Waals surface area contributed by atoms with E-state index in [9.17, 15) is 9.90 Å². The zero-order valence-corrected chi connectivity index (χ0v) is 17.1. The molecule has 5 nitrogen and oxygen atoms in total. The van der Waals surface area contributed by atoms with E-state index in [1.165, 1.54) is 4.57 Å². The lowest BCUT2D eigenvalue weighted by atomic mass is 10.1. The van der Waals surface area contributed by atoms with Crippen LogP contribution in [-0.2, 0) is 0 Å². The molecule has 0 bridgehead atoms. The minimum atomic E-state index is -0.316.